The van der Waals surface area contributed by atoms with Crippen molar-refractivity contribution in [3.05, 3.63) is 51.8 Å². The average molecular weight is 619 g/mol. The maximum absolute atomic E-state index is 12.3. The largest absolute Gasteiger partial charge is 0.479 e. The Hall–Kier alpha value is -4.53. The number of nitrogens with zero attached hydrogens (tertiary/aromatic N) is 4. The van der Waals surface area contributed by atoms with E-state index in [1.807, 2.05) is 5.92 Å². The molecule has 2 amide bonds. The third kappa shape index (κ3) is 5.89. The molecule has 2 aromatic heterocycles. The highest BCUT2D eigenvalue weighted by molar-refractivity contribution is 6.28. The van der Waals surface area contributed by atoms with Crippen molar-refractivity contribution in [3.63, 3.8) is 0 Å². The minimum atomic E-state index is -2.88. The zero-order valence-electron chi connectivity index (χ0n) is 22.6. The van der Waals surface area contributed by atoms with Gasteiger partial charge in [-0.1, -0.05) is 18.1 Å². The number of aromatic nitrogens is 4. The first-order valence-electron chi connectivity index (χ1n) is 12.7. The summed E-state index contributed by atoms with van der Waals surface area (Å²) in [4.78, 5) is 60.4. The number of hydrogen-bond acceptors (Lipinski definition) is 10. The lowest BCUT2D eigenvalue weighted by atomic mass is 9.92. The zero-order valence-corrected chi connectivity index (χ0v) is 23.3. The number of imidazole rings is 1. The number of rotatable bonds is 12. The van der Waals surface area contributed by atoms with Gasteiger partial charge in [0.15, 0.2) is 23.0 Å². The SMILES string of the molecule is C#C[C@@](O)([C@@H](COC(Cc1ccc(N2CCCNC2=O)cc1)(C(=O)O)C(=O)O)OC)[C@@H](O)n1cnc2c(=O)[nH]c(Cl)nc21. The van der Waals surface area contributed by atoms with Gasteiger partial charge in [-0.05, 0) is 35.7 Å². The van der Waals surface area contributed by atoms with Crippen molar-refractivity contribution in [3.8, 4) is 12.3 Å². The first-order valence-corrected chi connectivity index (χ1v) is 13.0. The number of fused-ring (bicyclic) bond motifs is 1. The Balaban J connectivity index is 1.60. The second kappa shape index (κ2) is 12.4. The van der Waals surface area contributed by atoms with Gasteiger partial charge in [-0.2, -0.15) is 4.98 Å². The molecule has 3 heterocycles. The summed E-state index contributed by atoms with van der Waals surface area (Å²) >= 11 is 5.81. The van der Waals surface area contributed by atoms with Crippen LogP contribution in [0.3, 0.4) is 0 Å². The number of carboxylic acid groups (broad SMARTS) is 2. The molecule has 16 nitrogen and oxygen atoms in total. The number of aliphatic hydroxyl groups is 2. The molecule has 4 rings (SSSR count). The van der Waals surface area contributed by atoms with E-state index in [1.165, 1.54) is 17.0 Å². The molecule has 1 fully saturated rings. The van der Waals surface area contributed by atoms with E-state index < -0.39 is 54.1 Å². The highest BCUT2D eigenvalue weighted by atomic mass is 35.5. The van der Waals surface area contributed by atoms with Crippen molar-refractivity contribution in [2.45, 2.75) is 36.4 Å². The summed E-state index contributed by atoms with van der Waals surface area (Å²) in [6.45, 7) is 0.0857. The normalized spacial score (nSPS) is 16.6. The van der Waals surface area contributed by atoms with E-state index in [0.29, 0.717) is 18.8 Å². The Morgan fingerprint density at radius 2 is 1.91 bits per heavy atom. The first kappa shape index (κ1) is 31.4. The van der Waals surface area contributed by atoms with Crippen molar-refractivity contribution >= 4 is 46.4 Å². The number of hydrogen-bond donors (Lipinski definition) is 6. The summed E-state index contributed by atoms with van der Waals surface area (Å²) in [5, 5.41) is 44.8. The number of ether oxygens (including phenoxy) is 2. The Morgan fingerprint density at radius 3 is 2.49 bits per heavy atom. The van der Waals surface area contributed by atoms with Crippen LogP contribution < -0.4 is 15.8 Å². The van der Waals surface area contributed by atoms with Gasteiger partial charge in [-0.3, -0.25) is 19.2 Å². The molecular formula is C26H27ClN6O10. The van der Waals surface area contributed by atoms with Crippen molar-refractivity contribution in [1.29, 1.82) is 0 Å². The fraction of sp³-hybridized carbons (Fsp3) is 0.385. The third-order valence-electron chi connectivity index (χ3n) is 7.02. The van der Waals surface area contributed by atoms with Gasteiger partial charge in [-0.15, -0.1) is 6.42 Å². The molecule has 3 aromatic rings. The molecule has 1 aliphatic heterocycles. The number of anilines is 1. The van der Waals surface area contributed by atoms with Crippen LogP contribution in [0.25, 0.3) is 11.2 Å². The average Bonchev–Trinajstić information content (AvgIpc) is 3.40. The fourth-order valence-corrected chi connectivity index (χ4v) is 4.76. The summed E-state index contributed by atoms with van der Waals surface area (Å²) in [5.74, 6) is -1.76. The van der Waals surface area contributed by atoms with Gasteiger partial charge in [0.1, 0.15) is 6.10 Å². The van der Waals surface area contributed by atoms with Gasteiger partial charge in [0.2, 0.25) is 5.28 Å². The molecule has 6 N–H and O–H groups in total. The molecule has 0 bridgehead atoms. The predicted octanol–water partition coefficient (Wildman–Crippen LogP) is -0.270. The lowest BCUT2D eigenvalue weighted by Crippen LogP contribution is -2.56. The van der Waals surface area contributed by atoms with E-state index in [0.717, 1.165) is 24.4 Å². The van der Waals surface area contributed by atoms with E-state index in [1.54, 1.807) is 12.1 Å². The van der Waals surface area contributed by atoms with Gasteiger partial charge >= 0.3 is 18.0 Å². The maximum Gasteiger partial charge on any atom is 0.348 e. The number of halogens is 1. The van der Waals surface area contributed by atoms with Crippen molar-refractivity contribution in [2.75, 3.05) is 31.7 Å². The molecule has 17 heteroatoms. The molecule has 3 atom stereocenters. The number of aliphatic carboxylic acids is 2. The Morgan fingerprint density at radius 1 is 1.23 bits per heavy atom. The van der Waals surface area contributed by atoms with E-state index in [-0.39, 0.29) is 28.0 Å². The van der Waals surface area contributed by atoms with Crippen LogP contribution in [0.2, 0.25) is 5.28 Å². The molecule has 1 aliphatic rings. The Labute approximate surface area is 247 Å². The van der Waals surface area contributed by atoms with E-state index in [2.05, 4.69) is 20.3 Å². The van der Waals surface area contributed by atoms with Crippen molar-refractivity contribution in [2.24, 2.45) is 0 Å². The second-order valence-electron chi connectivity index (χ2n) is 9.58. The van der Waals surface area contributed by atoms with Crippen LogP contribution in [0, 0.1) is 12.3 Å². The van der Waals surface area contributed by atoms with Gasteiger partial charge in [-0.25, -0.2) is 19.4 Å². The van der Waals surface area contributed by atoms with Crippen LogP contribution in [-0.4, -0.2) is 102 Å². The second-order valence-corrected chi connectivity index (χ2v) is 9.94. The quantitative estimate of drug-likeness (QED) is 0.0875. The number of methoxy groups -OCH3 is 1. The number of carbonyl (C=O) groups is 3. The van der Waals surface area contributed by atoms with Gasteiger partial charge in [0.25, 0.3) is 11.2 Å². The number of aromatic amines is 1. The molecular weight excluding hydrogens is 592 g/mol. The molecule has 43 heavy (non-hydrogen) atoms. The van der Waals surface area contributed by atoms with Crippen LogP contribution in [0.5, 0.6) is 0 Å². The molecule has 0 radical (unpaired) electrons. The lowest BCUT2D eigenvalue weighted by molar-refractivity contribution is -0.202. The summed E-state index contributed by atoms with van der Waals surface area (Å²) in [6, 6.07) is 5.71. The minimum Gasteiger partial charge on any atom is -0.479 e. The summed E-state index contributed by atoms with van der Waals surface area (Å²) in [5.41, 5.74) is -6.04. The monoisotopic (exact) mass is 618 g/mol. The van der Waals surface area contributed by atoms with E-state index in [9.17, 15) is 39.6 Å². The zero-order chi connectivity index (χ0) is 31.5. The molecule has 1 saturated heterocycles. The van der Waals surface area contributed by atoms with Crippen LogP contribution >= 0.6 is 11.6 Å². The van der Waals surface area contributed by atoms with Gasteiger partial charge < -0.3 is 35.2 Å². The Kier molecular flexibility index (Phi) is 9.04. The number of urea groups is 1. The molecule has 0 aliphatic carbocycles. The van der Waals surface area contributed by atoms with Crippen molar-refractivity contribution < 1.29 is 44.3 Å². The van der Waals surface area contributed by atoms with Gasteiger partial charge in [0.05, 0.1) is 12.9 Å². The van der Waals surface area contributed by atoms with Crippen molar-refractivity contribution in [1.82, 2.24) is 24.8 Å². The summed E-state index contributed by atoms with van der Waals surface area (Å²) in [6.07, 6.45) is 2.74. The minimum absolute atomic E-state index is 0.240. The number of amides is 2. The summed E-state index contributed by atoms with van der Waals surface area (Å²) < 4.78 is 11.5. The lowest BCUT2D eigenvalue weighted by Gasteiger charge is -2.36. The maximum atomic E-state index is 12.3. The Bertz CT molecular complexity index is 1620. The fourth-order valence-electron chi connectivity index (χ4n) is 4.59. The third-order valence-corrected chi connectivity index (χ3v) is 7.20. The number of benzene rings is 1. The highest BCUT2D eigenvalue weighted by Crippen LogP contribution is 2.30. The van der Waals surface area contributed by atoms with E-state index >= 15 is 0 Å². The van der Waals surface area contributed by atoms with Gasteiger partial charge in [0, 0.05) is 32.3 Å². The van der Waals surface area contributed by atoms with Crippen LogP contribution in [-0.2, 0) is 25.5 Å². The number of carbonyl (C=O) groups excluding carboxylic acids is 1. The number of nitrogens with one attached hydrogen (secondary N) is 2. The standard InChI is InChI=1S/C26H27ClN6O10/c1-3-25(41,20(35)33-13-29-17-18(33)30-23(27)31-19(17)34)16(42-2)12-43-26(21(36)37,22(38)39)11-14-5-7-15(8-6-14)32-10-4-9-28-24(32)40/h1,5-8,13,16,20,35,41H,4,9-12H2,2H3,(H,28,40)(H,36,37)(H,38,39)(H,30,31,34)/t16-,20-,25-/m1/s1. The molecule has 0 saturated carbocycles. The van der Waals surface area contributed by atoms with Crippen LogP contribution in [0.1, 0.15) is 18.2 Å². The number of aliphatic hydroxyl groups excluding tert-OH is 1. The molecule has 1 aromatic carbocycles. The smallest absolute Gasteiger partial charge is 0.348 e. The highest BCUT2D eigenvalue weighted by Gasteiger charge is 2.51. The molecule has 228 valence electrons. The number of H-pyrrole nitrogens is 1. The first-order chi connectivity index (χ1) is 20.4. The summed E-state index contributed by atoms with van der Waals surface area (Å²) in [7, 11) is 1.06. The van der Waals surface area contributed by atoms with E-state index in [4.69, 9.17) is 27.5 Å². The number of terminal acetylenes is 1. The number of carboxylic acids is 2. The van der Waals surface area contributed by atoms with Crippen LogP contribution in [0.4, 0.5) is 10.5 Å². The van der Waals surface area contributed by atoms with Crippen LogP contribution in [0.15, 0.2) is 35.4 Å². The molecule has 0 spiro atoms. The molecule has 0 unspecified atom stereocenters. The topological polar surface area (TPSA) is 229 Å². The predicted molar refractivity (Wildman–Crippen MR) is 148 cm³/mol.